The van der Waals surface area contributed by atoms with E-state index in [1.807, 2.05) is 19.9 Å². The number of amides is 2. The van der Waals surface area contributed by atoms with E-state index in [9.17, 15) is 9.59 Å². The molecule has 0 saturated carbocycles. The van der Waals surface area contributed by atoms with Gasteiger partial charge in [-0.15, -0.1) is 0 Å². The Morgan fingerprint density at radius 2 is 1.70 bits per heavy atom. The number of carbonyl (C=O) groups excluding carboxylic acids is 2. The lowest BCUT2D eigenvalue weighted by Crippen LogP contribution is -2.30. The van der Waals surface area contributed by atoms with Crippen molar-refractivity contribution in [1.29, 1.82) is 0 Å². The first-order valence-electron chi connectivity index (χ1n) is 6.35. The fourth-order valence-corrected chi connectivity index (χ4v) is 2.60. The van der Waals surface area contributed by atoms with Gasteiger partial charge in [-0.05, 0) is 49.2 Å². The van der Waals surface area contributed by atoms with Crippen molar-refractivity contribution in [3.63, 3.8) is 0 Å². The molecule has 0 unspecified atom stereocenters. The Morgan fingerprint density at radius 3 is 2.35 bits per heavy atom. The molecule has 4 nitrogen and oxygen atoms in total. The van der Waals surface area contributed by atoms with E-state index in [1.165, 1.54) is 4.90 Å². The summed E-state index contributed by atoms with van der Waals surface area (Å²) in [5.41, 5.74) is 9.49. The maximum atomic E-state index is 12.5. The standard InChI is InChI=1S/C16H14N2O2/c1-9-4-3-5-12-14(9)16(20)18(15(12)19)13-7-6-11(17)8-10(13)2/h3-8H,17H2,1-2H3. The molecule has 0 radical (unpaired) electrons. The normalized spacial score (nSPS) is 13.8. The largest absolute Gasteiger partial charge is 0.399 e. The van der Waals surface area contributed by atoms with E-state index < -0.39 is 0 Å². The third-order valence-corrected chi connectivity index (χ3v) is 3.58. The van der Waals surface area contributed by atoms with Crippen LogP contribution in [0.4, 0.5) is 11.4 Å². The van der Waals surface area contributed by atoms with Crippen LogP contribution in [0.5, 0.6) is 0 Å². The van der Waals surface area contributed by atoms with Crippen LogP contribution >= 0.6 is 0 Å². The number of nitrogen functional groups attached to an aromatic ring is 1. The van der Waals surface area contributed by atoms with Crippen LogP contribution in [0.25, 0.3) is 0 Å². The van der Waals surface area contributed by atoms with Gasteiger partial charge >= 0.3 is 0 Å². The third-order valence-electron chi connectivity index (χ3n) is 3.58. The lowest BCUT2D eigenvalue weighted by atomic mass is 10.0. The molecule has 1 heterocycles. The number of anilines is 2. The van der Waals surface area contributed by atoms with Gasteiger partial charge < -0.3 is 5.73 Å². The molecule has 0 bridgehead atoms. The molecule has 0 aromatic heterocycles. The van der Waals surface area contributed by atoms with Gasteiger partial charge in [-0.3, -0.25) is 9.59 Å². The fourth-order valence-electron chi connectivity index (χ4n) is 2.60. The molecule has 4 heteroatoms. The summed E-state index contributed by atoms with van der Waals surface area (Å²) in [4.78, 5) is 26.2. The second-order valence-corrected chi connectivity index (χ2v) is 4.99. The van der Waals surface area contributed by atoms with Crippen LogP contribution in [0.3, 0.4) is 0 Å². The Morgan fingerprint density at radius 1 is 0.950 bits per heavy atom. The number of nitrogens with zero attached hydrogens (tertiary/aromatic N) is 1. The summed E-state index contributed by atoms with van der Waals surface area (Å²) < 4.78 is 0. The second-order valence-electron chi connectivity index (χ2n) is 4.99. The summed E-state index contributed by atoms with van der Waals surface area (Å²) in [6.45, 7) is 3.67. The summed E-state index contributed by atoms with van der Waals surface area (Å²) in [6.07, 6.45) is 0. The summed E-state index contributed by atoms with van der Waals surface area (Å²) in [5, 5.41) is 0. The van der Waals surface area contributed by atoms with Crippen molar-refractivity contribution in [3.05, 3.63) is 58.7 Å². The molecule has 2 N–H and O–H groups in total. The van der Waals surface area contributed by atoms with E-state index in [0.717, 1.165) is 11.1 Å². The lowest BCUT2D eigenvalue weighted by molar-refractivity contribution is 0.0926. The van der Waals surface area contributed by atoms with E-state index in [0.29, 0.717) is 22.5 Å². The molecule has 20 heavy (non-hydrogen) atoms. The van der Waals surface area contributed by atoms with Gasteiger partial charge in [-0.25, -0.2) is 4.90 Å². The molecule has 1 aliphatic heterocycles. The number of aryl methyl sites for hydroxylation is 2. The molecule has 0 atom stereocenters. The Balaban J connectivity index is 2.17. The lowest BCUT2D eigenvalue weighted by Gasteiger charge is -2.17. The number of hydrogen-bond donors (Lipinski definition) is 1. The maximum absolute atomic E-state index is 12.5. The fraction of sp³-hybridized carbons (Fsp3) is 0.125. The van der Waals surface area contributed by atoms with Crippen molar-refractivity contribution >= 4 is 23.2 Å². The van der Waals surface area contributed by atoms with Crippen molar-refractivity contribution in [2.45, 2.75) is 13.8 Å². The molecule has 0 spiro atoms. The predicted octanol–water partition coefficient (Wildman–Crippen LogP) is 2.69. The predicted molar refractivity (Wildman–Crippen MR) is 77.9 cm³/mol. The van der Waals surface area contributed by atoms with Gasteiger partial charge in [-0.2, -0.15) is 0 Å². The summed E-state index contributed by atoms with van der Waals surface area (Å²) in [7, 11) is 0. The van der Waals surface area contributed by atoms with Crippen LogP contribution in [0, 0.1) is 13.8 Å². The minimum absolute atomic E-state index is 0.268. The molecule has 1 aliphatic rings. The Kier molecular flexibility index (Phi) is 2.61. The maximum Gasteiger partial charge on any atom is 0.266 e. The van der Waals surface area contributed by atoms with Crippen molar-refractivity contribution in [1.82, 2.24) is 0 Å². The van der Waals surface area contributed by atoms with Crippen LogP contribution < -0.4 is 10.6 Å². The van der Waals surface area contributed by atoms with Gasteiger partial charge in [0.2, 0.25) is 0 Å². The topological polar surface area (TPSA) is 63.4 Å². The van der Waals surface area contributed by atoms with Crippen LogP contribution in [-0.4, -0.2) is 11.8 Å². The minimum Gasteiger partial charge on any atom is -0.399 e. The Labute approximate surface area is 116 Å². The molecule has 3 rings (SSSR count). The van der Waals surface area contributed by atoms with E-state index in [1.54, 1.807) is 30.3 Å². The van der Waals surface area contributed by atoms with E-state index in [2.05, 4.69) is 0 Å². The molecule has 100 valence electrons. The highest BCUT2D eigenvalue weighted by Gasteiger charge is 2.38. The number of nitrogens with two attached hydrogens (primary N) is 1. The summed E-state index contributed by atoms with van der Waals surface area (Å²) >= 11 is 0. The highest BCUT2D eigenvalue weighted by molar-refractivity contribution is 6.35. The first-order valence-corrected chi connectivity index (χ1v) is 6.35. The third kappa shape index (κ3) is 1.61. The number of fused-ring (bicyclic) bond motifs is 1. The van der Waals surface area contributed by atoms with Crippen LogP contribution in [-0.2, 0) is 0 Å². The zero-order valence-electron chi connectivity index (χ0n) is 11.3. The highest BCUT2D eigenvalue weighted by atomic mass is 16.2. The number of imide groups is 1. The quantitative estimate of drug-likeness (QED) is 0.637. The number of hydrogen-bond acceptors (Lipinski definition) is 3. The van der Waals surface area contributed by atoms with Crippen molar-refractivity contribution in [2.75, 3.05) is 10.6 Å². The zero-order valence-corrected chi connectivity index (χ0v) is 11.3. The van der Waals surface area contributed by atoms with E-state index >= 15 is 0 Å². The van der Waals surface area contributed by atoms with Crippen LogP contribution in [0.1, 0.15) is 31.8 Å². The second kappa shape index (κ2) is 4.20. The van der Waals surface area contributed by atoms with Gasteiger partial charge in [0.1, 0.15) is 0 Å². The van der Waals surface area contributed by atoms with Gasteiger partial charge in [0.05, 0.1) is 16.8 Å². The molecule has 0 saturated heterocycles. The van der Waals surface area contributed by atoms with E-state index in [4.69, 9.17) is 5.73 Å². The molecular formula is C16H14N2O2. The van der Waals surface area contributed by atoms with Crippen LogP contribution in [0.15, 0.2) is 36.4 Å². The molecule has 2 amide bonds. The summed E-state index contributed by atoms with van der Waals surface area (Å²) in [6, 6.07) is 10.5. The average Bonchev–Trinajstić information content (AvgIpc) is 2.64. The van der Waals surface area contributed by atoms with Gasteiger partial charge in [0.15, 0.2) is 0 Å². The first-order chi connectivity index (χ1) is 9.50. The van der Waals surface area contributed by atoms with Crippen molar-refractivity contribution in [2.24, 2.45) is 0 Å². The number of carbonyl (C=O) groups is 2. The molecular weight excluding hydrogens is 252 g/mol. The van der Waals surface area contributed by atoms with Gasteiger partial charge in [0, 0.05) is 5.69 Å². The molecule has 2 aromatic rings. The SMILES string of the molecule is Cc1cc(N)ccc1N1C(=O)c2cccc(C)c2C1=O. The smallest absolute Gasteiger partial charge is 0.266 e. The summed E-state index contributed by atoms with van der Waals surface area (Å²) in [5.74, 6) is -0.544. The molecule has 2 aromatic carbocycles. The number of rotatable bonds is 1. The molecule has 0 fully saturated rings. The van der Waals surface area contributed by atoms with Gasteiger partial charge in [0.25, 0.3) is 11.8 Å². The van der Waals surface area contributed by atoms with Crippen molar-refractivity contribution < 1.29 is 9.59 Å². The monoisotopic (exact) mass is 266 g/mol. The minimum atomic E-state index is -0.276. The van der Waals surface area contributed by atoms with Crippen LogP contribution in [0.2, 0.25) is 0 Å². The molecule has 0 aliphatic carbocycles. The van der Waals surface area contributed by atoms with E-state index in [-0.39, 0.29) is 11.8 Å². The zero-order chi connectivity index (χ0) is 14.4. The Hall–Kier alpha value is -2.62. The number of benzene rings is 2. The first kappa shape index (κ1) is 12.4. The Bertz CT molecular complexity index is 750. The highest BCUT2D eigenvalue weighted by Crippen LogP contribution is 2.32. The average molecular weight is 266 g/mol. The van der Waals surface area contributed by atoms with Gasteiger partial charge in [-0.1, -0.05) is 12.1 Å². The van der Waals surface area contributed by atoms with Crippen molar-refractivity contribution in [3.8, 4) is 0 Å².